The number of amides is 1. The van der Waals surface area contributed by atoms with E-state index in [9.17, 15) is 14.7 Å². The Labute approximate surface area is 175 Å². The maximum Gasteiger partial charge on any atom is 0.326 e. The molecule has 30 heavy (non-hydrogen) atoms. The Morgan fingerprint density at radius 3 is 2.70 bits per heavy atom. The Morgan fingerprint density at radius 2 is 1.90 bits per heavy atom. The Bertz CT molecular complexity index is 991. The number of nitrogens with one attached hydrogen (secondary N) is 1. The van der Waals surface area contributed by atoms with Gasteiger partial charge >= 0.3 is 5.69 Å². The van der Waals surface area contributed by atoms with E-state index in [-0.39, 0.29) is 29.8 Å². The van der Waals surface area contributed by atoms with Gasteiger partial charge in [-0.1, -0.05) is 0 Å². The van der Waals surface area contributed by atoms with Crippen LogP contribution < -0.4 is 5.69 Å². The molecule has 2 N–H and O–H groups in total. The highest BCUT2D eigenvalue weighted by molar-refractivity contribution is 5.97. The van der Waals surface area contributed by atoms with Crippen molar-refractivity contribution in [1.29, 1.82) is 0 Å². The molecule has 162 valence electrons. The first-order valence-corrected chi connectivity index (χ1v) is 11.0. The van der Waals surface area contributed by atoms with Crippen LogP contribution in [-0.4, -0.2) is 82.4 Å². The molecule has 1 saturated carbocycles. The predicted molar refractivity (Wildman–Crippen MR) is 113 cm³/mol. The second-order valence-corrected chi connectivity index (χ2v) is 9.23. The van der Waals surface area contributed by atoms with E-state index in [2.05, 4.69) is 16.9 Å². The summed E-state index contributed by atoms with van der Waals surface area (Å²) in [7, 11) is 2.10. The van der Waals surface area contributed by atoms with Gasteiger partial charge in [0.1, 0.15) is 0 Å². The van der Waals surface area contributed by atoms with Gasteiger partial charge in [-0.15, -0.1) is 0 Å². The van der Waals surface area contributed by atoms with Crippen LogP contribution in [0.3, 0.4) is 0 Å². The van der Waals surface area contributed by atoms with Crippen LogP contribution in [0.4, 0.5) is 0 Å². The molecule has 1 amide bonds. The number of benzene rings is 1. The van der Waals surface area contributed by atoms with Crippen LogP contribution in [0.2, 0.25) is 0 Å². The summed E-state index contributed by atoms with van der Waals surface area (Å²) in [6.07, 6.45) is 2.75. The Morgan fingerprint density at radius 1 is 1.10 bits per heavy atom. The largest absolute Gasteiger partial charge is 0.393 e. The van der Waals surface area contributed by atoms with Crippen LogP contribution in [-0.2, 0) is 4.74 Å². The number of H-pyrrole nitrogens is 1. The number of rotatable bonds is 2. The molecule has 2 saturated heterocycles. The fourth-order valence-corrected chi connectivity index (χ4v) is 5.44. The van der Waals surface area contributed by atoms with Crippen molar-refractivity contribution >= 4 is 16.9 Å². The number of hydrogen-bond donors (Lipinski definition) is 2. The number of aromatic nitrogens is 2. The van der Waals surface area contributed by atoms with Gasteiger partial charge in [-0.25, -0.2) is 4.79 Å². The summed E-state index contributed by atoms with van der Waals surface area (Å²) in [5, 5.41) is 9.78. The van der Waals surface area contributed by atoms with Crippen molar-refractivity contribution in [1.82, 2.24) is 19.4 Å². The first-order chi connectivity index (χ1) is 14.5. The summed E-state index contributed by atoms with van der Waals surface area (Å²) >= 11 is 0. The van der Waals surface area contributed by atoms with Gasteiger partial charge in [-0.3, -0.25) is 9.36 Å². The highest BCUT2D eigenvalue weighted by atomic mass is 16.5. The number of carbonyl (C=O) groups excluding carboxylic acids is 1. The predicted octanol–water partition coefficient (Wildman–Crippen LogP) is 1.21. The van der Waals surface area contributed by atoms with Gasteiger partial charge < -0.3 is 24.6 Å². The van der Waals surface area contributed by atoms with Crippen molar-refractivity contribution in [3.63, 3.8) is 0 Å². The van der Waals surface area contributed by atoms with E-state index in [0.29, 0.717) is 49.6 Å². The lowest BCUT2D eigenvalue weighted by atomic mass is 9.93. The summed E-state index contributed by atoms with van der Waals surface area (Å²) in [4.78, 5) is 33.2. The minimum absolute atomic E-state index is 0.00193. The topological polar surface area (TPSA) is 90.8 Å². The quantitative estimate of drug-likeness (QED) is 0.771. The van der Waals surface area contributed by atoms with E-state index >= 15 is 0 Å². The molecule has 2 bridgehead atoms. The summed E-state index contributed by atoms with van der Waals surface area (Å²) < 4.78 is 7.60. The second kappa shape index (κ2) is 7.83. The van der Waals surface area contributed by atoms with Gasteiger partial charge in [-0.05, 0) is 50.9 Å². The molecule has 5 rings (SSSR count). The zero-order valence-electron chi connectivity index (χ0n) is 17.4. The molecule has 3 aliphatic rings. The maximum absolute atomic E-state index is 13.4. The van der Waals surface area contributed by atoms with E-state index < -0.39 is 0 Å². The van der Waals surface area contributed by atoms with Crippen LogP contribution in [0, 0.1) is 5.92 Å². The SMILES string of the molecule is CN1C[C@@H]2COC[C@H](C1)N(C(=O)c1ccc3c(c1)[nH]c(=O)n3C1CCC(O)CC1)C2. The van der Waals surface area contributed by atoms with Crippen molar-refractivity contribution in [2.24, 2.45) is 5.92 Å². The number of aliphatic hydroxyl groups excluding tert-OH is 1. The standard InChI is InChI=1S/C22H30N4O4/c1-24-9-14-10-25(17(11-24)13-30-12-14)21(28)15-2-7-20-19(8-15)23-22(29)26(20)16-3-5-18(27)6-4-16/h2,7-8,14,16-18,27H,3-6,9-13H2,1H3,(H,23,29)/t14-,16?,17-,18?/m0/s1. The first kappa shape index (κ1) is 19.8. The monoisotopic (exact) mass is 414 g/mol. The van der Waals surface area contributed by atoms with Gasteiger partial charge in [0.05, 0.1) is 36.4 Å². The van der Waals surface area contributed by atoms with E-state index in [1.807, 2.05) is 23.1 Å². The van der Waals surface area contributed by atoms with E-state index in [1.165, 1.54) is 0 Å². The highest BCUT2D eigenvalue weighted by Crippen LogP contribution is 2.30. The van der Waals surface area contributed by atoms with Crippen LogP contribution in [0.25, 0.3) is 11.0 Å². The number of hydrogen-bond acceptors (Lipinski definition) is 5. The number of aromatic amines is 1. The molecule has 0 unspecified atom stereocenters. The molecule has 0 spiro atoms. The van der Waals surface area contributed by atoms with Gasteiger partial charge in [0.25, 0.3) is 5.91 Å². The molecule has 1 aliphatic carbocycles. The molecule has 1 aromatic heterocycles. The van der Waals surface area contributed by atoms with E-state index in [0.717, 1.165) is 31.4 Å². The molecular formula is C22H30N4O4. The zero-order chi connectivity index (χ0) is 20.8. The van der Waals surface area contributed by atoms with E-state index in [1.54, 1.807) is 4.57 Å². The number of likely N-dealkylation sites (N-methyl/N-ethyl adjacent to an activating group) is 1. The van der Waals surface area contributed by atoms with Gasteiger partial charge in [0, 0.05) is 37.2 Å². The van der Waals surface area contributed by atoms with Crippen molar-refractivity contribution < 1.29 is 14.6 Å². The molecule has 2 aliphatic heterocycles. The number of imidazole rings is 1. The lowest BCUT2D eigenvalue weighted by Crippen LogP contribution is -2.45. The van der Waals surface area contributed by atoms with Crippen molar-refractivity contribution in [3.05, 3.63) is 34.2 Å². The third-order valence-electron chi connectivity index (χ3n) is 6.91. The number of aliphatic hydroxyl groups is 1. The molecule has 3 heterocycles. The van der Waals surface area contributed by atoms with Crippen LogP contribution in [0.15, 0.2) is 23.0 Å². The Kier molecular flexibility index (Phi) is 5.16. The van der Waals surface area contributed by atoms with Crippen molar-refractivity contribution in [2.45, 2.75) is 43.9 Å². The number of carbonyl (C=O) groups is 1. The summed E-state index contributed by atoms with van der Waals surface area (Å²) in [6.45, 7) is 3.70. The average molecular weight is 415 g/mol. The first-order valence-electron chi connectivity index (χ1n) is 11.0. The fourth-order valence-electron chi connectivity index (χ4n) is 5.44. The normalized spacial score (nSPS) is 30.4. The van der Waals surface area contributed by atoms with Gasteiger partial charge in [-0.2, -0.15) is 0 Å². The minimum Gasteiger partial charge on any atom is -0.393 e. The molecule has 2 atom stereocenters. The molecule has 1 aromatic carbocycles. The third kappa shape index (κ3) is 3.57. The second-order valence-electron chi connectivity index (χ2n) is 9.23. The average Bonchev–Trinajstić information content (AvgIpc) is 2.83. The number of ether oxygens (including phenoxy) is 1. The summed E-state index contributed by atoms with van der Waals surface area (Å²) in [5.74, 6) is 0.319. The molecule has 8 nitrogen and oxygen atoms in total. The van der Waals surface area contributed by atoms with Gasteiger partial charge in [0.15, 0.2) is 0 Å². The molecular weight excluding hydrogens is 384 g/mol. The van der Waals surface area contributed by atoms with Crippen molar-refractivity contribution in [3.8, 4) is 0 Å². The Hall–Kier alpha value is -2.16. The lowest BCUT2D eigenvalue weighted by molar-refractivity contribution is 0.0483. The molecule has 8 heteroatoms. The zero-order valence-corrected chi connectivity index (χ0v) is 17.4. The fraction of sp³-hybridized carbons (Fsp3) is 0.636. The molecule has 2 aromatic rings. The van der Waals surface area contributed by atoms with Crippen LogP contribution in [0.5, 0.6) is 0 Å². The number of nitrogens with zero attached hydrogens (tertiary/aromatic N) is 3. The lowest BCUT2D eigenvalue weighted by Gasteiger charge is -2.29. The van der Waals surface area contributed by atoms with E-state index in [4.69, 9.17) is 4.74 Å². The number of fused-ring (bicyclic) bond motifs is 4. The molecule has 0 radical (unpaired) electrons. The molecule has 3 fully saturated rings. The van der Waals surface area contributed by atoms with Crippen LogP contribution >= 0.6 is 0 Å². The summed E-state index contributed by atoms with van der Waals surface area (Å²) in [5.41, 5.74) is 1.99. The smallest absolute Gasteiger partial charge is 0.326 e. The third-order valence-corrected chi connectivity index (χ3v) is 6.91. The minimum atomic E-state index is -0.262. The highest BCUT2D eigenvalue weighted by Gasteiger charge is 2.35. The van der Waals surface area contributed by atoms with Gasteiger partial charge in [0.2, 0.25) is 0 Å². The summed E-state index contributed by atoms with van der Waals surface area (Å²) in [6, 6.07) is 5.67. The van der Waals surface area contributed by atoms with Crippen molar-refractivity contribution in [2.75, 3.05) is 39.9 Å². The maximum atomic E-state index is 13.4. The van der Waals surface area contributed by atoms with Crippen LogP contribution in [0.1, 0.15) is 42.1 Å². The Balaban J connectivity index is 1.44.